The van der Waals surface area contributed by atoms with Crippen LogP contribution in [0.5, 0.6) is 0 Å². The first kappa shape index (κ1) is 12.6. The van der Waals surface area contributed by atoms with Gasteiger partial charge in [-0.05, 0) is 11.6 Å². The van der Waals surface area contributed by atoms with Gasteiger partial charge in [0.1, 0.15) is 0 Å². The second kappa shape index (κ2) is 5.20. The molecule has 0 saturated heterocycles. The van der Waals surface area contributed by atoms with Crippen LogP contribution in [0.25, 0.3) is 10.9 Å². The van der Waals surface area contributed by atoms with E-state index in [0.717, 1.165) is 16.5 Å². The summed E-state index contributed by atoms with van der Waals surface area (Å²) in [5, 5.41) is 2.69. The van der Waals surface area contributed by atoms with E-state index >= 15 is 0 Å². The Hall–Kier alpha value is -1.85. The Balaban J connectivity index is 2.14. The second-order valence-electron chi connectivity index (χ2n) is 4.53. The molecular weight excluding hydrogens is 228 g/mol. The van der Waals surface area contributed by atoms with Crippen molar-refractivity contribution >= 4 is 16.8 Å². The number of hydrazine groups is 1. The number of benzene rings is 1. The van der Waals surface area contributed by atoms with Gasteiger partial charge in [0.2, 0.25) is 5.91 Å². The standard InChI is InChI=1S/C13H18N4O/c1-17(2)16-13(18)7-11(14)10-8-15-12-6-4-3-5-9(10)12/h3-6,8,11,15H,7,14H2,1-2H3,(H,16,18). The van der Waals surface area contributed by atoms with E-state index in [4.69, 9.17) is 5.73 Å². The zero-order chi connectivity index (χ0) is 13.1. The first-order valence-corrected chi connectivity index (χ1v) is 5.86. The lowest BCUT2D eigenvalue weighted by Crippen LogP contribution is -2.37. The lowest BCUT2D eigenvalue weighted by atomic mass is 10.0. The number of hydrogen-bond donors (Lipinski definition) is 3. The lowest BCUT2D eigenvalue weighted by Gasteiger charge is -2.15. The van der Waals surface area contributed by atoms with E-state index in [9.17, 15) is 4.79 Å². The highest BCUT2D eigenvalue weighted by atomic mass is 16.2. The Bertz CT molecular complexity index is 547. The molecule has 1 aromatic carbocycles. The van der Waals surface area contributed by atoms with Crippen LogP contribution in [-0.2, 0) is 4.79 Å². The number of rotatable bonds is 4. The van der Waals surface area contributed by atoms with Gasteiger partial charge in [-0.3, -0.25) is 10.2 Å². The topological polar surface area (TPSA) is 74.2 Å². The van der Waals surface area contributed by atoms with Gasteiger partial charge in [-0.2, -0.15) is 0 Å². The van der Waals surface area contributed by atoms with E-state index < -0.39 is 0 Å². The Labute approximate surface area is 106 Å². The maximum Gasteiger partial charge on any atom is 0.236 e. The molecule has 0 bridgehead atoms. The number of hydrogen-bond acceptors (Lipinski definition) is 3. The minimum atomic E-state index is -0.305. The van der Waals surface area contributed by atoms with Crippen molar-refractivity contribution in [3.05, 3.63) is 36.0 Å². The summed E-state index contributed by atoms with van der Waals surface area (Å²) in [7, 11) is 3.55. The van der Waals surface area contributed by atoms with E-state index in [2.05, 4.69) is 10.4 Å². The predicted octanol–water partition coefficient (Wildman–Crippen LogP) is 1.15. The molecule has 18 heavy (non-hydrogen) atoms. The smallest absolute Gasteiger partial charge is 0.236 e. The number of carbonyl (C=O) groups excluding carboxylic acids is 1. The molecule has 4 N–H and O–H groups in total. The molecule has 0 aliphatic heterocycles. The molecule has 2 rings (SSSR count). The maximum absolute atomic E-state index is 11.7. The Morgan fingerprint density at radius 1 is 1.44 bits per heavy atom. The summed E-state index contributed by atoms with van der Waals surface area (Å²) in [6.45, 7) is 0. The van der Waals surface area contributed by atoms with Gasteiger partial charge in [0.25, 0.3) is 0 Å². The van der Waals surface area contributed by atoms with Crippen LogP contribution < -0.4 is 11.2 Å². The summed E-state index contributed by atoms with van der Waals surface area (Å²) in [6, 6.07) is 7.62. The van der Waals surface area contributed by atoms with Crippen molar-refractivity contribution < 1.29 is 4.79 Å². The monoisotopic (exact) mass is 246 g/mol. The van der Waals surface area contributed by atoms with Gasteiger partial charge in [-0.15, -0.1) is 0 Å². The van der Waals surface area contributed by atoms with Crippen molar-refractivity contribution in [3.8, 4) is 0 Å². The average Bonchev–Trinajstić information content (AvgIpc) is 2.71. The van der Waals surface area contributed by atoms with Gasteiger partial charge >= 0.3 is 0 Å². The molecule has 0 aliphatic rings. The summed E-state index contributed by atoms with van der Waals surface area (Å²) in [4.78, 5) is 14.8. The molecule has 1 atom stereocenters. The average molecular weight is 246 g/mol. The summed E-state index contributed by atoms with van der Waals surface area (Å²) >= 11 is 0. The van der Waals surface area contributed by atoms with Crippen LogP contribution in [0.1, 0.15) is 18.0 Å². The van der Waals surface area contributed by atoms with Crippen molar-refractivity contribution in [3.63, 3.8) is 0 Å². The van der Waals surface area contributed by atoms with E-state index in [1.54, 1.807) is 19.1 Å². The van der Waals surface area contributed by atoms with Crippen LogP contribution in [0.3, 0.4) is 0 Å². The van der Waals surface area contributed by atoms with Crippen LogP contribution in [0.15, 0.2) is 30.5 Å². The van der Waals surface area contributed by atoms with Crippen LogP contribution in [0.4, 0.5) is 0 Å². The number of fused-ring (bicyclic) bond motifs is 1. The fourth-order valence-corrected chi connectivity index (χ4v) is 2.01. The van der Waals surface area contributed by atoms with E-state index in [1.807, 2.05) is 30.5 Å². The van der Waals surface area contributed by atoms with E-state index in [-0.39, 0.29) is 18.4 Å². The number of H-pyrrole nitrogens is 1. The zero-order valence-electron chi connectivity index (χ0n) is 10.6. The number of nitrogens with zero attached hydrogens (tertiary/aromatic N) is 1. The molecule has 0 radical (unpaired) electrons. The van der Waals surface area contributed by atoms with Gasteiger partial charge in [-0.1, -0.05) is 18.2 Å². The van der Waals surface area contributed by atoms with Gasteiger partial charge in [-0.25, -0.2) is 5.01 Å². The van der Waals surface area contributed by atoms with Crippen LogP contribution in [0, 0.1) is 0 Å². The molecule has 5 heteroatoms. The number of nitrogens with one attached hydrogen (secondary N) is 2. The minimum absolute atomic E-state index is 0.0854. The first-order chi connectivity index (χ1) is 8.58. The van der Waals surface area contributed by atoms with Gasteiger partial charge in [0.15, 0.2) is 0 Å². The number of amides is 1. The number of aromatic amines is 1. The Morgan fingerprint density at radius 3 is 2.89 bits per heavy atom. The van der Waals surface area contributed by atoms with E-state index in [1.165, 1.54) is 0 Å². The van der Waals surface area contributed by atoms with Crippen LogP contribution in [0.2, 0.25) is 0 Å². The van der Waals surface area contributed by atoms with Crippen LogP contribution >= 0.6 is 0 Å². The maximum atomic E-state index is 11.7. The molecule has 0 saturated carbocycles. The number of nitrogens with two attached hydrogens (primary N) is 1. The highest BCUT2D eigenvalue weighted by Crippen LogP contribution is 2.24. The third-order valence-electron chi connectivity index (χ3n) is 2.77. The predicted molar refractivity (Wildman–Crippen MR) is 71.7 cm³/mol. The summed E-state index contributed by atoms with van der Waals surface area (Å²) < 4.78 is 0. The molecule has 1 amide bonds. The quantitative estimate of drug-likeness (QED) is 0.708. The molecule has 1 unspecified atom stereocenters. The molecule has 0 fully saturated rings. The third-order valence-corrected chi connectivity index (χ3v) is 2.77. The van der Waals surface area contributed by atoms with E-state index in [0.29, 0.717) is 0 Å². The van der Waals surface area contributed by atoms with Crippen molar-refractivity contribution in [2.24, 2.45) is 5.73 Å². The molecule has 0 spiro atoms. The SMILES string of the molecule is CN(C)NC(=O)CC(N)c1c[nH]c2ccccc12. The first-order valence-electron chi connectivity index (χ1n) is 5.86. The molecular formula is C13H18N4O. The third kappa shape index (κ3) is 2.69. The highest BCUT2D eigenvalue weighted by molar-refractivity contribution is 5.84. The molecule has 0 aliphatic carbocycles. The second-order valence-corrected chi connectivity index (χ2v) is 4.53. The number of para-hydroxylation sites is 1. The Kier molecular flexibility index (Phi) is 3.64. The Morgan fingerprint density at radius 2 is 2.17 bits per heavy atom. The van der Waals surface area contributed by atoms with Crippen molar-refractivity contribution in [1.29, 1.82) is 0 Å². The fourth-order valence-electron chi connectivity index (χ4n) is 2.01. The molecule has 5 nitrogen and oxygen atoms in total. The summed E-state index contributed by atoms with van der Waals surface area (Å²) in [5.41, 5.74) is 10.8. The lowest BCUT2D eigenvalue weighted by molar-refractivity contribution is -0.125. The highest BCUT2D eigenvalue weighted by Gasteiger charge is 2.15. The largest absolute Gasteiger partial charge is 0.361 e. The van der Waals surface area contributed by atoms with Gasteiger partial charge < -0.3 is 10.7 Å². The van der Waals surface area contributed by atoms with Crippen LogP contribution in [-0.4, -0.2) is 30.0 Å². The fraction of sp³-hybridized carbons (Fsp3) is 0.308. The van der Waals surface area contributed by atoms with Crippen molar-refractivity contribution in [2.75, 3.05) is 14.1 Å². The number of aromatic nitrogens is 1. The molecule has 1 heterocycles. The molecule has 96 valence electrons. The van der Waals surface area contributed by atoms with Gasteiger partial charge in [0.05, 0.1) is 0 Å². The minimum Gasteiger partial charge on any atom is -0.361 e. The summed E-state index contributed by atoms with van der Waals surface area (Å²) in [5.74, 6) is -0.0854. The van der Waals surface area contributed by atoms with Gasteiger partial charge in [0, 0.05) is 43.7 Å². The molecule has 1 aromatic heterocycles. The zero-order valence-corrected chi connectivity index (χ0v) is 10.6. The van der Waals surface area contributed by atoms with Crippen molar-refractivity contribution in [2.45, 2.75) is 12.5 Å². The van der Waals surface area contributed by atoms with Crippen molar-refractivity contribution in [1.82, 2.24) is 15.4 Å². The summed E-state index contributed by atoms with van der Waals surface area (Å²) in [6.07, 6.45) is 2.14. The normalized spacial score (nSPS) is 12.9. The molecule has 2 aromatic rings. The number of carbonyl (C=O) groups is 1.